The number of aromatic carboxylic acids is 1. The van der Waals surface area contributed by atoms with Crippen LogP contribution in [0.4, 0.5) is 4.39 Å². The van der Waals surface area contributed by atoms with Crippen LogP contribution in [-0.4, -0.2) is 37.3 Å². The largest absolute Gasteiger partial charge is 0.476 e. The Kier molecular flexibility index (Phi) is 4.09. The fourth-order valence-corrected chi connectivity index (χ4v) is 1.81. The average molecular weight is 279 g/mol. The lowest BCUT2D eigenvalue weighted by molar-refractivity contribution is 0.0691. The van der Waals surface area contributed by atoms with Gasteiger partial charge in [-0.25, -0.2) is 13.9 Å². The average Bonchev–Trinajstić information content (AvgIpc) is 2.83. The van der Waals surface area contributed by atoms with Crippen molar-refractivity contribution in [1.29, 1.82) is 0 Å². The molecule has 7 heteroatoms. The molecule has 1 aromatic heterocycles. The lowest BCUT2D eigenvalue weighted by Crippen LogP contribution is -2.17. The number of carboxylic acids is 1. The maximum absolute atomic E-state index is 13.0. The van der Waals surface area contributed by atoms with Gasteiger partial charge < -0.3 is 10.2 Å². The third-order valence-electron chi connectivity index (χ3n) is 2.91. The van der Waals surface area contributed by atoms with E-state index in [0.717, 1.165) is 0 Å². The molecule has 1 aromatic carbocycles. The number of nitrogens with zero attached hydrogens (tertiary/aromatic N) is 3. The second-order valence-electron chi connectivity index (χ2n) is 4.34. The van der Waals surface area contributed by atoms with Gasteiger partial charge in [-0.2, -0.15) is 0 Å². The van der Waals surface area contributed by atoms with Crippen molar-refractivity contribution >= 4 is 5.97 Å². The van der Waals surface area contributed by atoms with Crippen molar-refractivity contribution in [2.45, 2.75) is 26.0 Å². The van der Waals surface area contributed by atoms with Gasteiger partial charge in [-0.1, -0.05) is 12.1 Å². The number of hydrogen-bond donors (Lipinski definition) is 2. The van der Waals surface area contributed by atoms with Gasteiger partial charge in [0.15, 0.2) is 5.69 Å². The third kappa shape index (κ3) is 2.83. The Balaban J connectivity index is 2.49. The first kappa shape index (κ1) is 14.1. The molecular formula is C13H14FN3O3. The van der Waals surface area contributed by atoms with Gasteiger partial charge in [-0.3, -0.25) is 0 Å². The monoisotopic (exact) mass is 279 g/mol. The van der Waals surface area contributed by atoms with Crippen LogP contribution in [-0.2, 0) is 6.54 Å². The number of benzene rings is 1. The van der Waals surface area contributed by atoms with E-state index in [1.165, 1.54) is 28.9 Å². The van der Waals surface area contributed by atoms with Gasteiger partial charge in [0.05, 0.1) is 12.6 Å². The summed E-state index contributed by atoms with van der Waals surface area (Å²) >= 11 is 0. The van der Waals surface area contributed by atoms with E-state index in [1.54, 1.807) is 6.92 Å². The van der Waals surface area contributed by atoms with E-state index < -0.39 is 17.9 Å². The number of halogens is 1. The molecule has 0 fully saturated rings. The first-order chi connectivity index (χ1) is 9.52. The number of rotatable bonds is 5. The molecule has 2 aromatic rings. The van der Waals surface area contributed by atoms with Crippen LogP contribution in [0.5, 0.6) is 0 Å². The highest BCUT2D eigenvalue weighted by Crippen LogP contribution is 2.23. The van der Waals surface area contributed by atoms with Crippen LogP contribution in [0, 0.1) is 5.82 Å². The Morgan fingerprint density at radius 1 is 1.40 bits per heavy atom. The Morgan fingerprint density at radius 3 is 2.60 bits per heavy atom. The summed E-state index contributed by atoms with van der Waals surface area (Å²) in [6.45, 7) is 1.93. The molecule has 0 aliphatic carbocycles. The summed E-state index contributed by atoms with van der Waals surface area (Å²) in [6.07, 6.45) is -0.150. The molecule has 6 nitrogen and oxygen atoms in total. The number of aliphatic hydroxyl groups is 1. The molecule has 0 saturated carbocycles. The van der Waals surface area contributed by atoms with Gasteiger partial charge >= 0.3 is 5.97 Å². The highest BCUT2D eigenvalue weighted by molar-refractivity contribution is 5.92. The van der Waals surface area contributed by atoms with Gasteiger partial charge in [0.1, 0.15) is 11.5 Å². The normalized spacial score (nSPS) is 12.3. The van der Waals surface area contributed by atoms with Crippen LogP contribution in [0.15, 0.2) is 24.3 Å². The fraction of sp³-hybridized carbons (Fsp3) is 0.308. The van der Waals surface area contributed by atoms with E-state index in [2.05, 4.69) is 10.3 Å². The predicted octanol–water partition coefficient (Wildman–Crippen LogP) is 1.55. The molecule has 0 spiro atoms. The first-order valence-corrected chi connectivity index (χ1v) is 6.13. The second-order valence-corrected chi connectivity index (χ2v) is 4.34. The minimum absolute atomic E-state index is 0.128. The Labute approximate surface area is 114 Å². The van der Waals surface area contributed by atoms with Crippen LogP contribution < -0.4 is 0 Å². The Hall–Kier alpha value is -2.28. The molecule has 106 valence electrons. The highest BCUT2D eigenvalue weighted by Gasteiger charge is 2.21. The molecule has 1 atom stereocenters. The van der Waals surface area contributed by atoms with Crippen molar-refractivity contribution in [3.63, 3.8) is 0 Å². The number of carboxylic acid groups (broad SMARTS) is 1. The summed E-state index contributed by atoms with van der Waals surface area (Å²) in [7, 11) is 0. The zero-order valence-corrected chi connectivity index (χ0v) is 10.8. The first-order valence-electron chi connectivity index (χ1n) is 6.13. The van der Waals surface area contributed by atoms with Crippen LogP contribution in [0.1, 0.15) is 23.8 Å². The molecule has 2 N–H and O–H groups in total. The quantitative estimate of drug-likeness (QED) is 0.867. The molecule has 20 heavy (non-hydrogen) atoms. The minimum Gasteiger partial charge on any atom is -0.476 e. The number of aliphatic hydroxyl groups excluding tert-OH is 1. The van der Waals surface area contributed by atoms with Gasteiger partial charge in [0.25, 0.3) is 0 Å². The Morgan fingerprint density at radius 2 is 2.05 bits per heavy atom. The van der Waals surface area contributed by atoms with Gasteiger partial charge in [-0.15, -0.1) is 5.10 Å². The molecule has 0 aliphatic rings. The van der Waals surface area contributed by atoms with Crippen molar-refractivity contribution in [2.24, 2.45) is 0 Å². The molecule has 0 aliphatic heterocycles. The molecule has 0 bridgehead atoms. The number of hydrogen-bond acceptors (Lipinski definition) is 4. The van der Waals surface area contributed by atoms with Crippen molar-refractivity contribution < 1.29 is 19.4 Å². The van der Waals surface area contributed by atoms with Crippen LogP contribution in [0.2, 0.25) is 0 Å². The van der Waals surface area contributed by atoms with E-state index in [0.29, 0.717) is 12.0 Å². The van der Waals surface area contributed by atoms with Crippen LogP contribution in [0.25, 0.3) is 11.3 Å². The van der Waals surface area contributed by atoms with Gasteiger partial charge in [-0.05, 0) is 30.7 Å². The number of carbonyl (C=O) groups is 1. The third-order valence-corrected chi connectivity index (χ3v) is 2.91. The van der Waals surface area contributed by atoms with Crippen molar-refractivity contribution in [1.82, 2.24) is 15.0 Å². The highest BCUT2D eigenvalue weighted by atomic mass is 19.1. The Bertz CT molecular complexity index is 610. The van der Waals surface area contributed by atoms with Gasteiger partial charge in [0, 0.05) is 5.56 Å². The lowest BCUT2D eigenvalue weighted by Gasteiger charge is -2.10. The van der Waals surface area contributed by atoms with E-state index in [1.807, 2.05) is 0 Å². The summed E-state index contributed by atoms with van der Waals surface area (Å²) in [6, 6.07) is 5.37. The molecule has 1 unspecified atom stereocenters. The van der Waals surface area contributed by atoms with E-state index >= 15 is 0 Å². The van der Waals surface area contributed by atoms with Crippen molar-refractivity contribution in [3.05, 3.63) is 35.8 Å². The van der Waals surface area contributed by atoms with E-state index in [4.69, 9.17) is 5.11 Å². The SMILES string of the molecule is CCC(O)Cn1nnc(C(=O)O)c1-c1ccc(F)cc1. The fourth-order valence-electron chi connectivity index (χ4n) is 1.81. The summed E-state index contributed by atoms with van der Waals surface area (Å²) in [5.74, 6) is -1.64. The van der Waals surface area contributed by atoms with E-state index in [9.17, 15) is 14.3 Å². The number of aromatic nitrogens is 3. The summed E-state index contributed by atoms with van der Waals surface area (Å²) in [4.78, 5) is 11.2. The second kappa shape index (κ2) is 5.79. The predicted molar refractivity (Wildman–Crippen MR) is 68.7 cm³/mol. The standard InChI is InChI=1S/C13H14FN3O3/c1-2-10(18)7-17-12(11(13(19)20)15-16-17)8-3-5-9(14)6-4-8/h3-6,10,18H,2,7H2,1H3,(H,19,20). The van der Waals surface area contributed by atoms with Crippen LogP contribution >= 0.6 is 0 Å². The molecule has 2 rings (SSSR count). The lowest BCUT2D eigenvalue weighted by atomic mass is 10.1. The van der Waals surface area contributed by atoms with Crippen molar-refractivity contribution in [2.75, 3.05) is 0 Å². The van der Waals surface area contributed by atoms with Crippen LogP contribution in [0.3, 0.4) is 0 Å². The zero-order valence-electron chi connectivity index (χ0n) is 10.8. The molecular weight excluding hydrogens is 265 g/mol. The molecule has 0 radical (unpaired) electrons. The minimum atomic E-state index is -1.22. The summed E-state index contributed by atoms with van der Waals surface area (Å²) in [5, 5.41) is 26.2. The summed E-state index contributed by atoms with van der Waals surface area (Å²) in [5.41, 5.74) is 0.516. The topological polar surface area (TPSA) is 88.2 Å². The van der Waals surface area contributed by atoms with E-state index in [-0.39, 0.29) is 17.9 Å². The molecule has 0 amide bonds. The van der Waals surface area contributed by atoms with Gasteiger partial charge in [0.2, 0.25) is 0 Å². The smallest absolute Gasteiger partial charge is 0.358 e. The zero-order chi connectivity index (χ0) is 14.7. The summed E-state index contributed by atoms with van der Waals surface area (Å²) < 4.78 is 14.3. The molecule has 1 heterocycles. The maximum Gasteiger partial charge on any atom is 0.358 e. The van der Waals surface area contributed by atoms with Crippen molar-refractivity contribution in [3.8, 4) is 11.3 Å². The molecule has 0 saturated heterocycles. The maximum atomic E-state index is 13.0.